The molecule has 0 radical (unpaired) electrons. The summed E-state index contributed by atoms with van der Waals surface area (Å²) < 4.78 is 0. The van der Waals surface area contributed by atoms with Crippen LogP contribution in [0.5, 0.6) is 0 Å². The summed E-state index contributed by atoms with van der Waals surface area (Å²) >= 11 is 1.50. The molecular weight excluding hydrogens is 242 g/mol. The predicted octanol–water partition coefficient (Wildman–Crippen LogP) is 1.97. The van der Waals surface area contributed by atoms with E-state index in [1.807, 2.05) is 0 Å². The van der Waals surface area contributed by atoms with Crippen molar-refractivity contribution in [2.45, 2.75) is 56.8 Å². The van der Waals surface area contributed by atoms with Crippen LogP contribution < -0.4 is 10.2 Å². The molecule has 2 nitrogen and oxygen atoms in total. The first-order valence-corrected chi connectivity index (χ1v) is 10.4. The molecule has 0 aliphatic heterocycles. The average Bonchev–Trinajstić information content (AvgIpc) is 2.22. The van der Waals surface area contributed by atoms with Gasteiger partial charge in [0.2, 0.25) is 0 Å². The first-order valence-electron chi connectivity index (χ1n) is 6.50. The third kappa shape index (κ3) is 78.2. The van der Waals surface area contributed by atoms with Gasteiger partial charge in [-0.1, -0.05) is 6.92 Å². The first kappa shape index (κ1) is 26.5. The second-order valence-corrected chi connectivity index (χ2v) is 7.09. The fourth-order valence-corrected chi connectivity index (χ4v) is 2.29. The fourth-order valence-electron chi connectivity index (χ4n) is 0.763. The zero-order valence-electron chi connectivity index (χ0n) is 13.2. The van der Waals surface area contributed by atoms with Gasteiger partial charge >= 0.3 is 92.1 Å². The summed E-state index contributed by atoms with van der Waals surface area (Å²) in [7, 11) is 0.750. The molecule has 0 saturated carbocycles. The normalized spacial score (nSPS) is 7.53. The maximum absolute atomic E-state index is 8.93. The summed E-state index contributed by atoms with van der Waals surface area (Å²) in [6.07, 6.45) is 0. The zero-order valence-corrected chi connectivity index (χ0v) is 15.6. The van der Waals surface area contributed by atoms with Crippen molar-refractivity contribution in [1.29, 1.82) is 0 Å². The molecule has 0 bridgehead atoms. The molecule has 0 amide bonds. The van der Waals surface area contributed by atoms with E-state index >= 15 is 0 Å². The third-order valence-corrected chi connectivity index (χ3v) is 3.83. The molecule has 0 N–H and O–H groups in total. The minimum absolute atomic E-state index is 0. The van der Waals surface area contributed by atoms with Crippen LogP contribution in [0.15, 0.2) is 0 Å². The zero-order chi connectivity index (χ0) is 14.7. The molecule has 0 atom stereocenters. The predicted molar refractivity (Wildman–Crippen MR) is 79.0 cm³/mol. The van der Waals surface area contributed by atoms with Crippen molar-refractivity contribution >= 4 is 30.4 Å². The van der Waals surface area contributed by atoms with Crippen molar-refractivity contribution in [3.05, 3.63) is 0 Å². The monoisotopic (exact) mass is 274 g/mol. The molecule has 0 aromatic rings. The van der Waals surface area contributed by atoms with Gasteiger partial charge in [-0.2, -0.15) is 7.11 Å². The van der Waals surface area contributed by atoms with Crippen molar-refractivity contribution in [2.75, 3.05) is 13.7 Å². The van der Waals surface area contributed by atoms with E-state index in [1.165, 1.54) is 10.6 Å². The summed E-state index contributed by atoms with van der Waals surface area (Å²) in [6, 6.07) is 0. The Kier molecular flexibility index (Phi) is 47.1. The van der Waals surface area contributed by atoms with Crippen LogP contribution in [-0.2, 0) is 0 Å². The van der Waals surface area contributed by atoms with Gasteiger partial charge in [0.25, 0.3) is 0 Å². The summed E-state index contributed by atoms with van der Waals surface area (Å²) in [5.41, 5.74) is 0. The van der Waals surface area contributed by atoms with Crippen molar-refractivity contribution in [3.8, 4) is 0 Å². The Morgan fingerprint density at radius 2 is 1.06 bits per heavy atom. The molecule has 0 heterocycles. The average molecular weight is 274 g/mol. The van der Waals surface area contributed by atoms with E-state index in [4.69, 9.17) is 10.2 Å². The van der Waals surface area contributed by atoms with Gasteiger partial charge in [-0.05, 0) is 0 Å². The van der Waals surface area contributed by atoms with E-state index in [1.54, 1.807) is 6.92 Å². The standard InChI is InChI=1S/2C4H9.C2H5O.CH3O.2CH3.2Al/c2*1-4(2)3;1-2-3;1-2;;;;/h2*4H,1H2,2-3H3;2H2,1H3;1H3;2*1H3;;/q;;2*-1;;;2*+1. The van der Waals surface area contributed by atoms with Gasteiger partial charge in [0.05, 0.1) is 0 Å². The molecule has 4 heteroatoms. The van der Waals surface area contributed by atoms with Gasteiger partial charge in [0, 0.05) is 0 Å². The Hall–Kier alpha value is 0.985. The Labute approximate surface area is 123 Å². The van der Waals surface area contributed by atoms with E-state index in [0.717, 1.165) is 49.4 Å². The second kappa shape index (κ2) is 30.2. The molecule has 0 spiro atoms. The molecule has 0 aromatic carbocycles. The molecule has 0 unspecified atom stereocenters. The molecule has 0 aromatic heterocycles. The van der Waals surface area contributed by atoms with Gasteiger partial charge in [-0.3, -0.25) is 0 Å². The molecule has 0 saturated heterocycles. The van der Waals surface area contributed by atoms with Crippen LogP contribution in [-0.4, -0.2) is 44.2 Å². The summed E-state index contributed by atoms with van der Waals surface area (Å²) in [6.45, 7) is 10.8. The number of hydrogen-bond acceptors (Lipinski definition) is 2. The maximum atomic E-state index is 8.93. The van der Waals surface area contributed by atoms with Crippen molar-refractivity contribution in [2.24, 2.45) is 11.8 Å². The van der Waals surface area contributed by atoms with Crippen molar-refractivity contribution in [1.82, 2.24) is 0 Å². The van der Waals surface area contributed by atoms with Gasteiger partial charge in [-0.25, -0.2) is 0 Å². The molecule has 0 rings (SSSR count). The van der Waals surface area contributed by atoms with E-state index in [0.29, 0.717) is 0 Å². The van der Waals surface area contributed by atoms with Crippen LogP contribution >= 0.6 is 0 Å². The summed E-state index contributed by atoms with van der Waals surface area (Å²) in [4.78, 5) is 0. The van der Waals surface area contributed by atoms with Crippen molar-refractivity contribution < 1.29 is 10.2 Å². The van der Waals surface area contributed by atoms with Crippen molar-refractivity contribution in [3.63, 3.8) is 0 Å². The fraction of sp³-hybridized carbons (Fsp3) is 1.00. The summed E-state index contributed by atoms with van der Waals surface area (Å²) in [5.74, 6) is 6.28. The molecular formula is C13H32Al2O2. The van der Waals surface area contributed by atoms with Gasteiger partial charge in [-0.15, -0.1) is 6.61 Å². The Morgan fingerprint density at radius 1 is 0.882 bits per heavy atom. The topological polar surface area (TPSA) is 46.1 Å². The third-order valence-electron chi connectivity index (χ3n) is 1.28. The molecule has 0 fully saturated rings. The number of rotatable bonds is 4. The van der Waals surface area contributed by atoms with Crippen LogP contribution in [0.3, 0.4) is 0 Å². The Morgan fingerprint density at radius 3 is 1.18 bits per heavy atom. The van der Waals surface area contributed by atoms with Crippen LogP contribution in [0.1, 0.15) is 34.6 Å². The number of hydrogen-bond donors (Lipinski definition) is 0. The SMILES string of the molecule is CC(C)[CH2][Al+][CH2]C(C)C.CC[O-].C[O-].[CH3][Al+][CH3]. The van der Waals surface area contributed by atoms with Crippen LogP contribution in [0.2, 0.25) is 22.1 Å². The second-order valence-electron chi connectivity index (χ2n) is 4.41. The van der Waals surface area contributed by atoms with Gasteiger partial charge in [0.1, 0.15) is 0 Å². The Balaban J connectivity index is -0.0000000879. The first-order chi connectivity index (χ1) is 7.95. The Bertz CT molecular complexity index is 79.5. The van der Waals surface area contributed by atoms with E-state index in [2.05, 4.69) is 39.3 Å². The van der Waals surface area contributed by atoms with Gasteiger partial charge in [0.15, 0.2) is 0 Å². The van der Waals surface area contributed by atoms with Crippen LogP contribution in [0.4, 0.5) is 0 Å². The quantitative estimate of drug-likeness (QED) is 0.736. The van der Waals surface area contributed by atoms with Gasteiger partial charge < -0.3 is 10.2 Å². The van der Waals surface area contributed by atoms with E-state index < -0.39 is 0 Å². The molecule has 0 aliphatic rings. The molecule has 0 aliphatic carbocycles. The van der Waals surface area contributed by atoms with E-state index in [9.17, 15) is 0 Å². The molecule has 102 valence electrons. The van der Waals surface area contributed by atoms with Crippen LogP contribution in [0, 0.1) is 11.8 Å². The van der Waals surface area contributed by atoms with E-state index in [-0.39, 0.29) is 6.61 Å². The summed E-state index contributed by atoms with van der Waals surface area (Å²) in [5, 5.41) is 20.1. The minimum atomic E-state index is 0. The van der Waals surface area contributed by atoms with Crippen LogP contribution in [0.25, 0.3) is 0 Å². The molecule has 17 heavy (non-hydrogen) atoms.